The van der Waals surface area contributed by atoms with Crippen molar-refractivity contribution in [3.63, 3.8) is 0 Å². The van der Waals surface area contributed by atoms with Gasteiger partial charge in [0.15, 0.2) is 0 Å². The van der Waals surface area contributed by atoms with E-state index >= 15 is 0 Å². The molecular weight excluding hydrogens is 130 g/mol. The second-order valence-electron chi connectivity index (χ2n) is 1.69. The van der Waals surface area contributed by atoms with E-state index in [0.717, 1.165) is 5.70 Å². The van der Waals surface area contributed by atoms with Crippen LogP contribution in [0.1, 0.15) is 6.42 Å². The lowest BCUT2D eigenvalue weighted by Crippen LogP contribution is -2.06. The smallest absolute Gasteiger partial charge is 0.0866 e. The Morgan fingerprint density at radius 3 is 2.90 bits per heavy atom. The van der Waals surface area contributed by atoms with E-state index in [9.17, 15) is 4.91 Å². The summed E-state index contributed by atoms with van der Waals surface area (Å²) in [7, 11) is 1.77. The summed E-state index contributed by atoms with van der Waals surface area (Å²) in [4.78, 5) is 13.2. The quantitative estimate of drug-likeness (QED) is 0.457. The standard InChI is InChI=1S/C6H11N3O/c1-7-5-6(8-2)3-4-9-10/h5,8H,1,3-4H2,2H3/b6-5-. The molecule has 4 nitrogen and oxygen atoms in total. The predicted octanol–water partition coefficient (Wildman–Crippen LogP) is 0.904. The van der Waals surface area contributed by atoms with Crippen LogP contribution in [0.5, 0.6) is 0 Å². The SMILES string of the molecule is C=N/C=C(/CCN=O)NC. The molecule has 0 radical (unpaired) electrons. The monoisotopic (exact) mass is 141 g/mol. The molecule has 0 aliphatic carbocycles. The Labute approximate surface area is 60.0 Å². The average molecular weight is 141 g/mol. The first-order valence-electron chi connectivity index (χ1n) is 2.97. The van der Waals surface area contributed by atoms with Gasteiger partial charge in [-0.2, -0.15) is 4.91 Å². The van der Waals surface area contributed by atoms with Gasteiger partial charge in [-0.3, -0.25) is 4.99 Å². The second-order valence-corrected chi connectivity index (χ2v) is 1.69. The van der Waals surface area contributed by atoms with Crippen molar-refractivity contribution in [3.8, 4) is 0 Å². The van der Waals surface area contributed by atoms with Crippen molar-refractivity contribution in [2.24, 2.45) is 10.2 Å². The maximum atomic E-state index is 9.68. The first-order valence-corrected chi connectivity index (χ1v) is 2.97. The zero-order chi connectivity index (χ0) is 7.82. The Morgan fingerprint density at radius 2 is 2.50 bits per heavy atom. The molecule has 0 rings (SSSR count). The molecule has 0 fully saturated rings. The van der Waals surface area contributed by atoms with Crippen molar-refractivity contribution >= 4 is 6.72 Å². The fraction of sp³-hybridized carbons (Fsp3) is 0.500. The van der Waals surface area contributed by atoms with E-state index in [2.05, 4.69) is 22.2 Å². The first-order chi connectivity index (χ1) is 4.85. The number of nitrogens with one attached hydrogen (secondary N) is 1. The molecule has 0 heterocycles. The number of hydrogen-bond acceptors (Lipinski definition) is 4. The molecule has 0 spiro atoms. The van der Waals surface area contributed by atoms with Crippen molar-refractivity contribution in [1.29, 1.82) is 0 Å². The fourth-order valence-corrected chi connectivity index (χ4v) is 0.530. The summed E-state index contributed by atoms with van der Waals surface area (Å²) in [6, 6.07) is 0. The normalized spacial score (nSPS) is 10.7. The average Bonchev–Trinajstić information content (AvgIpc) is 1.98. The van der Waals surface area contributed by atoms with Gasteiger partial charge in [0.1, 0.15) is 0 Å². The Bertz CT molecular complexity index is 142. The topological polar surface area (TPSA) is 53.8 Å². The molecule has 0 unspecified atom stereocenters. The minimum atomic E-state index is 0.280. The van der Waals surface area contributed by atoms with Crippen LogP contribution < -0.4 is 5.32 Å². The number of aliphatic imine (C=N–C) groups is 1. The minimum Gasteiger partial charge on any atom is -0.390 e. The molecule has 0 aromatic heterocycles. The summed E-state index contributed by atoms with van der Waals surface area (Å²) in [5.74, 6) is 0. The van der Waals surface area contributed by atoms with Gasteiger partial charge in [-0.15, -0.1) is 0 Å². The van der Waals surface area contributed by atoms with E-state index in [4.69, 9.17) is 0 Å². The van der Waals surface area contributed by atoms with Crippen LogP contribution in [0.2, 0.25) is 0 Å². The van der Waals surface area contributed by atoms with Gasteiger partial charge in [0.05, 0.1) is 6.54 Å². The number of hydrogen-bond donors (Lipinski definition) is 1. The molecule has 4 heteroatoms. The Morgan fingerprint density at radius 1 is 1.80 bits per heavy atom. The van der Waals surface area contributed by atoms with Crippen molar-refractivity contribution < 1.29 is 0 Å². The molecule has 1 N–H and O–H groups in total. The van der Waals surface area contributed by atoms with E-state index < -0.39 is 0 Å². The van der Waals surface area contributed by atoms with E-state index in [1.807, 2.05) is 0 Å². The van der Waals surface area contributed by atoms with Gasteiger partial charge < -0.3 is 5.32 Å². The maximum Gasteiger partial charge on any atom is 0.0866 e. The number of nitroso groups, excluding NO2 is 1. The molecule has 0 aliphatic rings. The van der Waals surface area contributed by atoms with Crippen molar-refractivity contribution in [2.75, 3.05) is 13.6 Å². The molecule has 56 valence electrons. The molecule has 0 saturated heterocycles. The lowest BCUT2D eigenvalue weighted by atomic mass is 10.3. The van der Waals surface area contributed by atoms with E-state index in [1.165, 1.54) is 0 Å². The summed E-state index contributed by atoms with van der Waals surface area (Å²) < 4.78 is 0. The van der Waals surface area contributed by atoms with Crippen molar-refractivity contribution in [1.82, 2.24) is 5.32 Å². The maximum absolute atomic E-state index is 9.68. The number of rotatable bonds is 5. The molecule has 0 aliphatic heterocycles. The van der Waals surface area contributed by atoms with Crippen LogP contribution in [-0.2, 0) is 0 Å². The third-order valence-electron chi connectivity index (χ3n) is 1.04. The highest BCUT2D eigenvalue weighted by Crippen LogP contribution is 1.95. The molecule has 0 atom stereocenters. The highest BCUT2D eigenvalue weighted by molar-refractivity contribution is 5.26. The van der Waals surface area contributed by atoms with Gasteiger partial charge in [0.25, 0.3) is 0 Å². The van der Waals surface area contributed by atoms with Gasteiger partial charge in [-0.25, -0.2) is 0 Å². The zero-order valence-corrected chi connectivity index (χ0v) is 6.00. The minimum absolute atomic E-state index is 0.280. The van der Waals surface area contributed by atoms with Crippen LogP contribution in [-0.4, -0.2) is 20.3 Å². The third-order valence-corrected chi connectivity index (χ3v) is 1.04. The van der Waals surface area contributed by atoms with Crippen LogP contribution in [0.15, 0.2) is 22.1 Å². The highest BCUT2D eigenvalue weighted by Gasteiger charge is 1.90. The molecule has 0 aromatic rings. The van der Waals surface area contributed by atoms with Crippen molar-refractivity contribution in [3.05, 3.63) is 16.8 Å². The van der Waals surface area contributed by atoms with Crippen LogP contribution >= 0.6 is 0 Å². The Hall–Kier alpha value is -1.19. The summed E-state index contributed by atoms with van der Waals surface area (Å²) in [5.41, 5.74) is 0.870. The van der Waals surface area contributed by atoms with Crippen LogP contribution in [0.25, 0.3) is 0 Å². The first kappa shape index (κ1) is 8.81. The van der Waals surface area contributed by atoms with E-state index in [-0.39, 0.29) is 6.54 Å². The van der Waals surface area contributed by atoms with E-state index in [0.29, 0.717) is 6.42 Å². The summed E-state index contributed by atoms with van der Waals surface area (Å²) in [6.07, 6.45) is 2.17. The van der Waals surface area contributed by atoms with Gasteiger partial charge in [0, 0.05) is 25.4 Å². The van der Waals surface area contributed by atoms with Gasteiger partial charge in [-0.05, 0) is 6.72 Å². The summed E-state index contributed by atoms with van der Waals surface area (Å²) in [6.45, 7) is 3.56. The molecule has 10 heavy (non-hydrogen) atoms. The van der Waals surface area contributed by atoms with Crippen LogP contribution in [0.3, 0.4) is 0 Å². The molecule has 0 amide bonds. The van der Waals surface area contributed by atoms with Gasteiger partial charge in [-0.1, -0.05) is 5.18 Å². The second kappa shape index (κ2) is 5.94. The molecular formula is C6H11N3O. The van der Waals surface area contributed by atoms with Crippen molar-refractivity contribution in [2.45, 2.75) is 6.42 Å². The molecule has 0 saturated carbocycles. The van der Waals surface area contributed by atoms with E-state index in [1.54, 1.807) is 13.2 Å². The lowest BCUT2D eigenvalue weighted by Gasteiger charge is -1.99. The largest absolute Gasteiger partial charge is 0.390 e. The molecule has 0 bridgehead atoms. The highest BCUT2D eigenvalue weighted by atomic mass is 16.3. The zero-order valence-electron chi connectivity index (χ0n) is 6.00. The summed E-state index contributed by atoms with van der Waals surface area (Å²) >= 11 is 0. The summed E-state index contributed by atoms with van der Waals surface area (Å²) in [5, 5.41) is 5.58. The van der Waals surface area contributed by atoms with Crippen LogP contribution in [0.4, 0.5) is 0 Å². The Balaban J connectivity index is 3.70. The van der Waals surface area contributed by atoms with Gasteiger partial charge >= 0.3 is 0 Å². The third kappa shape index (κ3) is 3.77. The van der Waals surface area contributed by atoms with Crippen LogP contribution in [0, 0.1) is 4.91 Å². The fourth-order valence-electron chi connectivity index (χ4n) is 0.530. The lowest BCUT2D eigenvalue weighted by molar-refractivity contribution is 0.837. The molecule has 0 aromatic carbocycles. The number of nitrogens with zero attached hydrogens (tertiary/aromatic N) is 2. The Kier molecular flexibility index (Phi) is 5.23. The van der Waals surface area contributed by atoms with Gasteiger partial charge in [0.2, 0.25) is 0 Å². The predicted molar refractivity (Wildman–Crippen MR) is 42.0 cm³/mol.